The van der Waals surface area contributed by atoms with Crippen LogP contribution in [0.5, 0.6) is 0 Å². The number of carbonyl (C=O) groups is 1. The quantitative estimate of drug-likeness (QED) is 0.678. The number of esters is 1. The Kier molecular flexibility index (Phi) is 5.23. The van der Waals surface area contributed by atoms with Gasteiger partial charge in [-0.05, 0) is 44.7 Å². The second-order valence-corrected chi connectivity index (χ2v) is 6.95. The molecule has 1 aliphatic heterocycles. The molecule has 0 aliphatic carbocycles. The number of ether oxygens (including phenoxy) is 1. The molecule has 134 valence electrons. The number of quaternary nitrogens is 1. The number of hydrogen-bond donors (Lipinski definition) is 1. The van der Waals surface area contributed by atoms with Crippen molar-refractivity contribution in [2.24, 2.45) is 5.92 Å². The smallest absolute Gasteiger partial charge is 0.336 e. The molecule has 0 bridgehead atoms. The average molecular weight is 344 g/mol. The summed E-state index contributed by atoms with van der Waals surface area (Å²) in [7, 11) is 0. The second-order valence-electron chi connectivity index (χ2n) is 6.95. The topological polar surface area (TPSA) is 61.0 Å². The van der Waals surface area contributed by atoms with E-state index in [1.807, 2.05) is 26.8 Å². The number of fused-ring (bicyclic) bond motifs is 1. The highest BCUT2D eigenvalue weighted by Gasteiger charge is 2.30. The van der Waals surface area contributed by atoms with Crippen molar-refractivity contribution in [2.45, 2.75) is 40.2 Å². The highest BCUT2D eigenvalue weighted by Crippen LogP contribution is 2.23. The summed E-state index contributed by atoms with van der Waals surface area (Å²) in [6.07, 6.45) is 1.88. The SMILES string of the molecule is CCOC(=O)[C@@H]1CCC[NH+](Cc2cc(=O)oc3c(C)c(C)ccc23)C1. The zero-order valence-corrected chi connectivity index (χ0v) is 15.2. The van der Waals surface area contributed by atoms with E-state index in [1.54, 1.807) is 6.07 Å². The number of aryl methyl sites for hydroxylation is 2. The van der Waals surface area contributed by atoms with Gasteiger partial charge in [-0.25, -0.2) is 4.79 Å². The van der Waals surface area contributed by atoms with Crippen molar-refractivity contribution in [3.63, 3.8) is 0 Å². The van der Waals surface area contributed by atoms with Crippen molar-refractivity contribution in [3.8, 4) is 0 Å². The highest BCUT2D eigenvalue weighted by atomic mass is 16.5. The maximum atomic E-state index is 12.0. The van der Waals surface area contributed by atoms with Crippen LogP contribution < -0.4 is 10.5 Å². The third-order valence-electron chi connectivity index (χ3n) is 5.20. The van der Waals surface area contributed by atoms with Crippen molar-refractivity contribution in [3.05, 3.63) is 45.3 Å². The van der Waals surface area contributed by atoms with E-state index in [4.69, 9.17) is 9.15 Å². The standard InChI is InChI=1S/C20H25NO4/c1-4-24-20(23)15-6-5-9-21(11-15)12-16-10-18(22)25-19-14(3)13(2)7-8-17(16)19/h7-8,10,15H,4-6,9,11-12H2,1-3H3/p+1/t15-/m1/s1. The van der Waals surface area contributed by atoms with E-state index in [0.717, 1.165) is 54.6 Å². The molecule has 2 atom stereocenters. The zero-order valence-electron chi connectivity index (χ0n) is 15.2. The molecule has 1 saturated heterocycles. The van der Waals surface area contributed by atoms with E-state index in [9.17, 15) is 9.59 Å². The third kappa shape index (κ3) is 3.76. The number of carbonyl (C=O) groups excluding carboxylic acids is 1. The van der Waals surface area contributed by atoms with Gasteiger partial charge in [0.2, 0.25) is 0 Å². The number of hydrogen-bond acceptors (Lipinski definition) is 4. The highest BCUT2D eigenvalue weighted by molar-refractivity contribution is 5.83. The first kappa shape index (κ1) is 17.7. The summed E-state index contributed by atoms with van der Waals surface area (Å²) < 4.78 is 10.6. The summed E-state index contributed by atoms with van der Waals surface area (Å²) in [5.74, 6) is -0.136. The van der Waals surface area contributed by atoms with Crippen LogP contribution in [0.25, 0.3) is 11.0 Å². The van der Waals surface area contributed by atoms with E-state index in [2.05, 4.69) is 6.07 Å². The molecule has 0 amide bonds. The minimum atomic E-state index is -0.311. The van der Waals surface area contributed by atoms with Crippen molar-refractivity contribution in [1.82, 2.24) is 0 Å². The Morgan fingerprint density at radius 1 is 1.36 bits per heavy atom. The van der Waals surface area contributed by atoms with E-state index >= 15 is 0 Å². The van der Waals surface area contributed by atoms with Gasteiger partial charge in [-0.3, -0.25) is 4.79 Å². The van der Waals surface area contributed by atoms with Gasteiger partial charge < -0.3 is 14.1 Å². The van der Waals surface area contributed by atoms with Crippen LogP contribution in [0.1, 0.15) is 36.5 Å². The van der Waals surface area contributed by atoms with Gasteiger partial charge in [0.25, 0.3) is 0 Å². The molecular weight excluding hydrogens is 318 g/mol. The Hall–Kier alpha value is -2.14. The molecule has 2 aromatic rings. The normalized spacial score (nSPS) is 20.6. The third-order valence-corrected chi connectivity index (χ3v) is 5.20. The number of likely N-dealkylation sites (tertiary alicyclic amines) is 1. The zero-order chi connectivity index (χ0) is 18.0. The summed E-state index contributed by atoms with van der Waals surface area (Å²) in [6, 6.07) is 5.69. The van der Waals surface area contributed by atoms with Gasteiger partial charge in [0.15, 0.2) is 0 Å². The van der Waals surface area contributed by atoms with Gasteiger partial charge in [-0.1, -0.05) is 12.1 Å². The molecule has 2 heterocycles. The monoisotopic (exact) mass is 344 g/mol. The Balaban J connectivity index is 1.86. The lowest BCUT2D eigenvalue weighted by Gasteiger charge is -2.28. The van der Waals surface area contributed by atoms with Gasteiger partial charge in [0.05, 0.1) is 19.7 Å². The van der Waals surface area contributed by atoms with Crippen molar-refractivity contribution >= 4 is 16.9 Å². The fourth-order valence-corrected chi connectivity index (χ4v) is 3.71. The molecule has 1 aromatic carbocycles. The Morgan fingerprint density at radius 2 is 2.16 bits per heavy atom. The number of piperidine rings is 1. The van der Waals surface area contributed by atoms with Crippen LogP contribution in [-0.2, 0) is 16.1 Å². The molecule has 1 aliphatic rings. The Labute approximate surface area is 147 Å². The lowest BCUT2D eigenvalue weighted by molar-refractivity contribution is -0.921. The van der Waals surface area contributed by atoms with E-state index in [0.29, 0.717) is 12.2 Å². The predicted octanol–water partition coefficient (Wildman–Crippen LogP) is 1.77. The predicted molar refractivity (Wildman–Crippen MR) is 95.7 cm³/mol. The molecule has 0 radical (unpaired) electrons. The van der Waals surface area contributed by atoms with Crippen molar-refractivity contribution in [2.75, 3.05) is 19.7 Å². The summed E-state index contributed by atoms with van der Waals surface area (Å²) >= 11 is 0. The van der Waals surface area contributed by atoms with Crippen LogP contribution in [0.2, 0.25) is 0 Å². The summed E-state index contributed by atoms with van der Waals surface area (Å²) in [5, 5.41) is 0.994. The minimum Gasteiger partial charge on any atom is -0.466 e. The molecule has 25 heavy (non-hydrogen) atoms. The minimum absolute atomic E-state index is 0.0425. The maximum absolute atomic E-state index is 12.0. The molecule has 1 unspecified atom stereocenters. The summed E-state index contributed by atoms with van der Waals surface area (Å²) in [5.41, 5.74) is 3.49. The van der Waals surface area contributed by atoms with Crippen LogP contribution in [0.4, 0.5) is 0 Å². The Bertz CT molecular complexity index is 839. The molecule has 1 aromatic heterocycles. The van der Waals surface area contributed by atoms with Crippen LogP contribution >= 0.6 is 0 Å². The fourth-order valence-electron chi connectivity index (χ4n) is 3.71. The molecule has 1 N–H and O–H groups in total. The van der Waals surface area contributed by atoms with Gasteiger partial charge in [0, 0.05) is 17.0 Å². The first-order valence-electron chi connectivity index (χ1n) is 9.02. The van der Waals surface area contributed by atoms with E-state index < -0.39 is 0 Å². The lowest BCUT2D eigenvalue weighted by Crippen LogP contribution is -3.12. The van der Waals surface area contributed by atoms with Crippen LogP contribution in [0.3, 0.4) is 0 Å². The number of benzene rings is 1. The number of nitrogens with one attached hydrogen (secondary N) is 1. The molecule has 5 heteroatoms. The van der Waals surface area contributed by atoms with Gasteiger partial charge in [0.1, 0.15) is 18.0 Å². The molecule has 0 spiro atoms. The van der Waals surface area contributed by atoms with Crippen LogP contribution in [0, 0.1) is 19.8 Å². The molecule has 3 rings (SSSR count). The fraction of sp³-hybridized carbons (Fsp3) is 0.500. The first-order chi connectivity index (χ1) is 12.0. The van der Waals surface area contributed by atoms with Crippen molar-refractivity contribution < 1.29 is 18.8 Å². The van der Waals surface area contributed by atoms with E-state index in [1.165, 1.54) is 4.90 Å². The van der Waals surface area contributed by atoms with Gasteiger partial charge in [-0.15, -0.1) is 0 Å². The van der Waals surface area contributed by atoms with Gasteiger partial charge in [-0.2, -0.15) is 0 Å². The second kappa shape index (κ2) is 7.40. The molecule has 0 saturated carbocycles. The maximum Gasteiger partial charge on any atom is 0.336 e. The molecule has 5 nitrogen and oxygen atoms in total. The summed E-state index contributed by atoms with van der Waals surface area (Å²) in [4.78, 5) is 25.4. The average Bonchev–Trinajstić information content (AvgIpc) is 2.59. The lowest BCUT2D eigenvalue weighted by atomic mass is 9.97. The number of rotatable bonds is 4. The van der Waals surface area contributed by atoms with Crippen LogP contribution in [-0.4, -0.2) is 25.7 Å². The van der Waals surface area contributed by atoms with Crippen molar-refractivity contribution in [1.29, 1.82) is 0 Å². The Morgan fingerprint density at radius 3 is 2.92 bits per heavy atom. The molecular formula is C20H26NO4+. The molecule has 1 fully saturated rings. The first-order valence-corrected chi connectivity index (χ1v) is 9.02. The largest absolute Gasteiger partial charge is 0.466 e. The van der Waals surface area contributed by atoms with Crippen LogP contribution in [0.15, 0.2) is 27.4 Å². The van der Waals surface area contributed by atoms with Gasteiger partial charge >= 0.3 is 11.6 Å². The summed E-state index contributed by atoms with van der Waals surface area (Å²) in [6.45, 7) is 8.74. The van der Waals surface area contributed by atoms with E-state index in [-0.39, 0.29) is 17.5 Å².